The molecule has 118 valence electrons. The number of aryl methyl sites for hydroxylation is 1. The second kappa shape index (κ2) is 6.41. The van der Waals surface area contributed by atoms with Crippen LogP contribution in [-0.2, 0) is 26.6 Å². The SMILES string of the molecule is CCOC(=O)[C@@H]1CCCN(S(=O)(=O)c2c(Br)nnn2C)C1. The zero-order chi connectivity index (χ0) is 15.6. The third-order valence-electron chi connectivity index (χ3n) is 3.33. The van der Waals surface area contributed by atoms with Crippen molar-refractivity contribution < 1.29 is 17.9 Å². The largest absolute Gasteiger partial charge is 0.466 e. The van der Waals surface area contributed by atoms with Crippen molar-refractivity contribution >= 4 is 31.9 Å². The fraction of sp³-hybridized carbons (Fsp3) is 0.727. The highest BCUT2D eigenvalue weighted by Crippen LogP contribution is 2.27. The van der Waals surface area contributed by atoms with Crippen molar-refractivity contribution in [3.63, 3.8) is 0 Å². The van der Waals surface area contributed by atoms with Crippen molar-refractivity contribution in [1.29, 1.82) is 0 Å². The van der Waals surface area contributed by atoms with Crippen LogP contribution in [0.4, 0.5) is 0 Å². The van der Waals surface area contributed by atoms with Gasteiger partial charge in [0.15, 0.2) is 4.60 Å². The summed E-state index contributed by atoms with van der Waals surface area (Å²) >= 11 is 3.10. The maximum Gasteiger partial charge on any atom is 0.310 e. The highest BCUT2D eigenvalue weighted by molar-refractivity contribution is 9.10. The number of carbonyl (C=O) groups excluding carboxylic acids is 1. The summed E-state index contributed by atoms with van der Waals surface area (Å²) < 4.78 is 33.0. The molecule has 1 aromatic heterocycles. The summed E-state index contributed by atoms with van der Waals surface area (Å²) in [5.74, 6) is -0.770. The highest BCUT2D eigenvalue weighted by Gasteiger charge is 2.37. The molecule has 10 heteroatoms. The standard InChI is InChI=1S/C11H17BrN4O4S/c1-3-20-11(17)8-5-4-6-16(7-8)21(18,19)10-9(12)13-14-15(10)2/h8H,3-7H2,1-2H3/t8-/m1/s1. The van der Waals surface area contributed by atoms with Crippen LogP contribution in [0.25, 0.3) is 0 Å². The number of sulfonamides is 1. The van der Waals surface area contributed by atoms with Gasteiger partial charge in [0.25, 0.3) is 10.0 Å². The van der Waals surface area contributed by atoms with E-state index < -0.39 is 15.9 Å². The number of piperidine rings is 1. The summed E-state index contributed by atoms with van der Waals surface area (Å²) in [6.45, 7) is 2.52. The van der Waals surface area contributed by atoms with Gasteiger partial charge in [-0.25, -0.2) is 13.1 Å². The fourth-order valence-electron chi connectivity index (χ4n) is 2.33. The van der Waals surface area contributed by atoms with Crippen LogP contribution >= 0.6 is 15.9 Å². The van der Waals surface area contributed by atoms with E-state index in [9.17, 15) is 13.2 Å². The Balaban J connectivity index is 2.23. The number of halogens is 1. The van der Waals surface area contributed by atoms with E-state index >= 15 is 0 Å². The van der Waals surface area contributed by atoms with Crippen LogP contribution in [0, 0.1) is 5.92 Å². The van der Waals surface area contributed by atoms with E-state index in [0.29, 0.717) is 26.0 Å². The van der Waals surface area contributed by atoms with Crippen LogP contribution in [0.1, 0.15) is 19.8 Å². The Morgan fingerprint density at radius 3 is 2.81 bits per heavy atom. The predicted octanol–water partition coefficient (Wildman–Crippen LogP) is 0.541. The fourth-order valence-corrected chi connectivity index (χ4v) is 4.89. The molecule has 2 heterocycles. The topological polar surface area (TPSA) is 94.4 Å². The zero-order valence-corrected chi connectivity index (χ0v) is 14.2. The van der Waals surface area contributed by atoms with Crippen molar-refractivity contribution in [2.75, 3.05) is 19.7 Å². The summed E-state index contributed by atoms with van der Waals surface area (Å²) in [4.78, 5) is 11.8. The van der Waals surface area contributed by atoms with Gasteiger partial charge in [-0.1, -0.05) is 5.21 Å². The third kappa shape index (κ3) is 3.27. The highest BCUT2D eigenvalue weighted by atomic mass is 79.9. The Kier molecular flexibility index (Phi) is 4.99. The lowest BCUT2D eigenvalue weighted by molar-refractivity contribution is -0.149. The molecule has 1 aliphatic rings. The van der Waals surface area contributed by atoms with E-state index in [0.717, 1.165) is 0 Å². The predicted molar refractivity (Wildman–Crippen MR) is 76.8 cm³/mol. The van der Waals surface area contributed by atoms with Crippen LogP contribution in [0.3, 0.4) is 0 Å². The average Bonchev–Trinajstić information content (AvgIpc) is 2.79. The monoisotopic (exact) mass is 380 g/mol. The molecule has 2 rings (SSSR count). The molecule has 0 spiro atoms. The molecule has 0 saturated carbocycles. The van der Waals surface area contributed by atoms with Gasteiger partial charge in [0.2, 0.25) is 5.03 Å². The quantitative estimate of drug-likeness (QED) is 0.707. The molecule has 0 N–H and O–H groups in total. The minimum atomic E-state index is -3.74. The van der Waals surface area contributed by atoms with Crippen molar-refractivity contribution in [2.24, 2.45) is 13.0 Å². The van der Waals surface area contributed by atoms with Crippen LogP contribution in [-0.4, -0.2) is 53.4 Å². The maximum absolute atomic E-state index is 12.7. The number of nitrogens with zero attached hydrogens (tertiary/aromatic N) is 4. The van der Waals surface area contributed by atoms with Gasteiger partial charge < -0.3 is 4.74 Å². The van der Waals surface area contributed by atoms with E-state index in [4.69, 9.17) is 4.74 Å². The van der Waals surface area contributed by atoms with Gasteiger partial charge in [0, 0.05) is 20.1 Å². The lowest BCUT2D eigenvalue weighted by Gasteiger charge is -2.30. The zero-order valence-electron chi connectivity index (χ0n) is 11.8. The number of ether oxygens (including phenoxy) is 1. The first-order chi connectivity index (χ1) is 9.87. The molecule has 1 atom stereocenters. The van der Waals surface area contributed by atoms with Gasteiger partial charge >= 0.3 is 5.97 Å². The van der Waals surface area contributed by atoms with Gasteiger partial charge in [-0.3, -0.25) is 4.79 Å². The van der Waals surface area contributed by atoms with Crippen LogP contribution < -0.4 is 0 Å². The Morgan fingerprint density at radius 2 is 2.24 bits per heavy atom. The van der Waals surface area contributed by atoms with E-state index in [1.165, 1.54) is 16.0 Å². The summed E-state index contributed by atoms with van der Waals surface area (Å²) in [6, 6.07) is 0. The molecule has 1 aromatic rings. The molecule has 21 heavy (non-hydrogen) atoms. The van der Waals surface area contributed by atoms with Crippen molar-refractivity contribution in [3.05, 3.63) is 4.60 Å². The first-order valence-electron chi connectivity index (χ1n) is 6.60. The number of aromatic nitrogens is 3. The lowest BCUT2D eigenvalue weighted by atomic mass is 10.0. The Labute approximate surface area is 131 Å². The molecule has 0 unspecified atom stereocenters. The number of esters is 1. The van der Waals surface area contributed by atoms with Gasteiger partial charge in [0.1, 0.15) is 0 Å². The van der Waals surface area contributed by atoms with Crippen LogP contribution in [0.2, 0.25) is 0 Å². The second-order valence-corrected chi connectivity index (χ2v) is 7.37. The molecular weight excluding hydrogens is 364 g/mol. The van der Waals surface area contributed by atoms with Gasteiger partial charge in [0.05, 0.1) is 12.5 Å². The van der Waals surface area contributed by atoms with E-state index in [-0.39, 0.29) is 22.1 Å². The second-order valence-electron chi connectivity index (χ2n) is 4.76. The number of rotatable bonds is 4. The molecule has 0 aromatic carbocycles. The molecule has 1 aliphatic heterocycles. The summed E-state index contributed by atoms with van der Waals surface area (Å²) in [7, 11) is -2.23. The Hall–Kier alpha value is -1.00. The summed E-state index contributed by atoms with van der Waals surface area (Å²) in [5.41, 5.74) is 0. The van der Waals surface area contributed by atoms with Gasteiger partial charge in [-0.15, -0.1) is 5.10 Å². The molecule has 0 bridgehead atoms. The third-order valence-corrected chi connectivity index (χ3v) is 6.08. The van der Waals surface area contributed by atoms with E-state index in [2.05, 4.69) is 26.2 Å². The summed E-state index contributed by atoms with van der Waals surface area (Å²) in [6.07, 6.45) is 1.25. The van der Waals surface area contributed by atoms with Crippen molar-refractivity contribution in [3.8, 4) is 0 Å². The Morgan fingerprint density at radius 1 is 1.52 bits per heavy atom. The van der Waals surface area contributed by atoms with Crippen molar-refractivity contribution in [1.82, 2.24) is 19.3 Å². The van der Waals surface area contributed by atoms with Crippen LogP contribution in [0.15, 0.2) is 9.63 Å². The Bertz CT molecular complexity index is 611. The number of hydrogen-bond donors (Lipinski definition) is 0. The van der Waals surface area contributed by atoms with Crippen molar-refractivity contribution in [2.45, 2.75) is 24.8 Å². The number of carbonyl (C=O) groups is 1. The molecular formula is C11H17BrN4O4S. The summed E-state index contributed by atoms with van der Waals surface area (Å²) in [5, 5.41) is 7.37. The normalized spacial score (nSPS) is 20.4. The minimum absolute atomic E-state index is 0.00740. The lowest BCUT2D eigenvalue weighted by Crippen LogP contribution is -2.43. The first kappa shape index (κ1) is 16.4. The van der Waals surface area contributed by atoms with Gasteiger partial charge in [-0.2, -0.15) is 4.31 Å². The molecule has 1 fully saturated rings. The van der Waals surface area contributed by atoms with E-state index in [1.54, 1.807) is 6.92 Å². The molecule has 0 aliphatic carbocycles. The smallest absolute Gasteiger partial charge is 0.310 e. The maximum atomic E-state index is 12.7. The van der Waals surface area contributed by atoms with Crippen LogP contribution in [0.5, 0.6) is 0 Å². The molecule has 0 radical (unpaired) electrons. The minimum Gasteiger partial charge on any atom is -0.466 e. The molecule has 1 saturated heterocycles. The molecule has 8 nitrogen and oxygen atoms in total. The molecule has 0 amide bonds. The van der Waals surface area contributed by atoms with E-state index in [1.807, 2.05) is 0 Å². The average molecular weight is 381 g/mol. The van der Waals surface area contributed by atoms with Gasteiger partial charge in [-0.05, 0) is 35.7 Å². The first-order valence-corrected chi connectivity index (χ1v) is 8.83. The number of hydrogen-bond acceptors (Lipinski definition) is 6.